The van der Waals surface area contributed by atoms with Crippen LogP contribution in [0.4, 0.5) is 0 Å². The number of hydrogen-bond acceptors (Lipinski definition) is 5. The molecule has 3 rings (SSSR count). The Kier molecular flexibility index (Phi) is 1.91. The fraction of sp³-hybridized carbons (Fsp3) is 0. The number of nitrogens with zero attached hydrogens (tertiary/aromatic N) is 4. The van der Waals surface area contributed by atoms with Crippen molar-refractivity contribution in [2.24, 2.45) is 0 Å². The second-order valence-corrected chi connectivity index (χ2v) is 4.78. The van der Waals surface area contributed by atoms with Crippen LogP contribution in [-0.4, -0.2) is 32.6 Å². The van der Waals surface area contributed by atoms with E-state index < -0.39 is 15.1 Å². The lowest BCUT2D eigenvalue weighted by molar-refractivity contribution is 0.478. The van der Waals surface area contributed by atoms with Crippen molar-refractivity contribution in [3.63, 3.8) is 0 Å². The fourth-order valence-corrected chi connectivity index (χ4v) is 2.35. The fourth-order valence-electron chi connectivity index (χ4n) is 1.74. The Morgan fingerprint density at radius 2 is 2.12 bits per heavy atom. The Morgan fingerprint density at radius 1 is 1.29 bits per heavy atom. The highest BCUT2D eigenvalue weighted by Gasteiger charge is 2.19. The normalized spacial score (nSPS) is 12.3. The summed E-state index contributed by atoms with van der Waals surface area (Å²) in [5.41, 5.74) is 0.988. The predicted octanol–water partition coefficient (Wildman–Crippen LogP) is 0.524. The average Bonchev–Trinajstić information content (AvgIpc) is 2.65. The number of rotatable bonds is 1. The molecule has 0 saturated heterocycles. The smallest absolute Gasteiger partial charge is 0.311 e. The van der Waals surface area contributed by atoms with Crippen molar-refractivity contribution in [1.82, 2.24) is 19.6 Å². The second-order valence-electron chi connectivity index (χ2n) is 3.44. The maximum atomic E-state index is 11.2. The zero-order chi connectivity index (χ0) is 12.0. The molecule has 3 heterocycles. The van der Waals surface area contributed by atoms with E-state index in [0.717, 1.165) is 0 Å². The lowest BCUT2D eigenvalue weighted by atomic mass is 10.4. The molecular formula is C9H6N4O3S. The molecular weight excluding hydrogens is 244 g/mol. The monoisotopic (exact) mass is 250 g/mol. The van der Waals surface area contributed by atoms with Crippen LogP contribution in [0.1, 0.15) is 0 Å². The third-order valence-electron chi connectivity index (χ3n) is 2.40. The molecule has 86 valence electrons. The summed E-state index contributed by atoms with van der Waals surface area (Å²) in [6.07, 6.45) is 6.11. The Bertz CT molecular complexity index is 824. The van der Waals surface area contributed by atoms with Crippen LogP contribution in [0, 0.1) is 0 Å². The van der Waals surface area contributed by atoms with E-state index >= 15 is 0 Å². The van der Waals surface area contributed by atoms with Crippen molar-refractivity contribution < 1.29 is 13.0 Å². The van der Waals surface area contributed by atoms with Gasteiger partial charge >= 0.3 is 10.1 Å². The highest BCUT2D eigenvalue weighted by Crippen LogP contribution is 2.23. The van der Waals surface area contributed by atoms with Gasteiger partial charge in [-0.05, 0) is 6.07 Å². The van der Waals surface area contributed by atoms with E-state index in [2.05, 4.69) is 15.2 Å². The molecule has 1 N–H and O–H groups in total. The lowest BCUT2D eigenvalue weighted by Gasteiger charge is -1.99. The van der Waals surface area contributed by atoms with E-state index in [1.54, 1.807) is 22.9 Å². The molecule has 7 nitrogen and oxygen atoms in total. The number of hydrogen-bond donors (Lipinski definition) is 1. The van der Waals surface area contributed by atoms with Crippen molar-refractivity contribution in [3.05, 3.63) is 30.9 Å². The van der Waals surface area contributed by atoms with Gasteiger partial charge in [-0.25, -0.2) is 0 Å². The van der Waals surface area contributed by atoms with E-state index in [4.69, 9.17) is 4.55 Å². The summed E-state index contributed by atoms with van der Waals surface area (Å²) >= 11 is 0. The molecule has 0 atom stereocenters. The zero-order valence-corrected chi connectivity index (χ0v) is 9.16. The van der Waals surface area contributed by atoms with Gasteiger partial charge in [0.1, 0.15) is 0 Å². The SMILES string of the molecule is O=S(=O)(O)c1nncc2cc3cnccn3c12. The van der Waals surface area contributed by atoms with Gasteiger partial charge in [0.2, 0.25) is 5.03 Å². The molecule has 0 aliphatic rings. The van der Waals surface area contributed by atoms with Crippen molar-refractivity contribution in [1.29, 1.82) is 0 Å². The van der Waals surface area contributed by atoms with Crippen molar-refractivity contribution in [2.75, 3.05) is 0 Å². The van der Waals surface area contributed by atoms with Gasteiger partial charge in [-0.15, -0.1) is 5.10 Å². The zero-order valence-electron chi connectivity index (χ0n) is 8.35. The van der Waals surface area contributed by atoms with Gasteiger partial charge in [-0.1, -0.05) is 0 Å². The number of fused-ring (bicyclic) bond motifs is 3. The molecule has 3 aromatic rings. The molecule has 0 aliphatic carbocycles. The standard InChI is InChI=1S/C9H6N4O3S/c14-17(15,16)9-8-6(4-11-12-9)3-7-5-10-1-2-13(7)8/h1-5H,(H,14,15,16). The first-order valence-electron chi connectivity index (χ1n) is 4.61. The molecule has 0 fully saturated rings. The third kappa shape index (κ3) is 1.46. The van der Waals surface area contributed by atoms with E-state index in [1.807, 2.05) is 0 Å². The van der Waals surface area contributed by atoms with Crippen LogP contribution in [-0.2, 0) is 10.1 Å². The van der Waals surface area contributed by atoms with E-state index in [1.165, 1.54) is 12.4 Å². The first-order valence-corrected chi connectivity index (χ1v) is 6.05. The van der Waals surface area contributed by atoms with Crippen LogP contribution >= 0.6 is 0 Å². The molecule has 17 heavy (non-hydrogen) atoms. The first kappa shape index (κ1) is 10.1. The van der Waals surface area contributed by atoms with Crippen LogP contribution in [0.15, 0.2) is 35.9 Å². The topological polar surface area (TPSA) is 97.5 Å². The van der Waals surface area contributed by atoms with Crippen molar-refractivity contribution >= 4 is 26.5 Å². The van der Waals surface area contributed by atoms with Crippen LogP contribution < -0.4 is 0 Å². The van der Waals surface area contributed by atoms with Gasteiger partial charge in [0.25, 0.3) is 0 Å². The summed E-state index contributed by atoms with van der Waals surface area (Å²) in [4.78, 5) is 3.93. The Hall–Kier alpha value is -2.06. The third-order valence-corrected chi connectivity index (χ3v) is 3.16. The largest absolute Gasteiger partial charge is 0.316 e. The van der Waals surface area contributed by atoms with Crippen LogP contribution in [0.5, 0.6) is 0 Å². The van der Waals surface area contributed by atoms with Gasteiger partial charge < -0.3 is 4.40 Å². The molecule has 0 unspecified atom stereocenters. The molecule has 0 bridgehead atoms. The second kappa shape index (κ2) is 3.22. The summed E-state index contributed by atoms with van der Waals surface area (Å²) in [6, 6.07) is 1.71. The first-order chi connectivity index (χ1) is 8.07. The van der Waals surface area contributed by atoms with Crippen LogP contribution in [0.2, 0.25) is 0 Å². The summed E-state index contributed by atoms with van der Waals surface area (Å²) in [6.45, 7) is 0. The maximum Gasteiger partial charge on any atom is 0.316 e. The maximum absolute atomic E-state index is 11.2. The minimum Gasteiger partial charge on any atom is -0.311 e. The highest BCUT2D eigenvalue weighted by atomic mass is 32.2. The van der Waals surface area contributed by atoms with E-state index in [0.29, 0.717) is 16.4 Å². The quantitative estimate of drug-likeness (QED) is 0.632. The molecule has 0 aromatic carbocycles. The summed E-state index contributed by atoms with van der Waals surface area (Å²) < 4.78 is 33.1. The Morgan fingerprint density at radius 3 is 2.88 bits per heavy atom. The Balaban J connectivity index is 2.61. The van der Waals surface area contributed by atoms with Gasteiger partial charge in [0.15, 0.2) is 0 Å². The summed E-state index contributed by atoms with van der Waals surface area (Å²) in [7, 11) is -4.41. The lowest BCUT2D eigenvalue weighted by Crippen LogP contribution is -2.04. The highest BCUT2D eigenvalue weighted by molar-refractivity contribution is 7.86. The molecule has 0 aliphatic heterocycles. The van der Waals surface area contributed by atoms with Gasteiger partial charge in [0, 0.05) is 17.8 Å². The van der Waals surface area contributed by atoms with E-state index in [-0.39, 0.29) is 0 Å². The van der Waals surface area contributed by atoms with Crippen molar-refractivity contribution in [2.45, 2.75) is 5.03 Å². The van der Waals surface area contributed by atoms with Gasteiger partial charge in [-0.3, -0.25) is 9.54 Å². The molecule has 0 spiro atoms. The molecule has 0 saturated carbocycles. The van der Waals surface area contributed by atoms with E-state index in [9.17, 15) is 8.42 Å². The summed E-state index contributed by atoms with van der Waals surface area (Å²) in [5.74, 6) is 0. The average molecular weight is 250 g/mol. The predicted molar refractivity (Wildman–Crippen MR) is 58.1 cm³/mol. The van der Waals surface area contributed by atoms with Gasteiger partial charge in [-0.2, -0.15) is 13.5 Å². The van der Waals surface area contributed by atoms with Crippen molar-refractivity contribution in [3.8, 4) is 0 Å². The Labute approximate surface area is 95.5 Å². The molecule has 0 radical (unpaired) electrons. The minimum atomic E-state index is -4.41. The minimum absolute atomic E-state index is 0.292. The van der Waals surface area contributed by atoms with Crippen LogP contribution in [0.3, 0.4) is 0 Å². The number of aromatic nitrogens is 4. The summed E-state index contributed by atoms with van der Waals surface area (Å²) in [5, 5.41) is 7.14. The van der Waals surface area contributed by atoms with Crippen LogP contribution in [0.25, 0.3) is 16.4 Å². The van der Waals surface area contributed by atoms with Gasteiger partial charge in [0.05, 0.1) is 23.4 Å². The molecule has 8 heteroatoms. The molecule has 0 amide bonds. The molecule has 3 aromatic heterocycles.